The summed E-state index contributed by atoms with van der Waals surface area (Å²) in [4.78, 5) is 4.21. The summed E-state index contributed by atoms with van der Waals surface area (Å²) < 4.78 is 32.2. The van der Waals surface area contributed by atoms with E-state index in [4.69, 9.17) is 4.42 Å². The Labute approximate surface area is 116 Å². The molecule has 2 aromatic carbocycles. The van der Waals surface area contributed by atoms with Crippen molar-refractivity contribution in [1.29, 1.82) is 0 Å². The first kappa shape index (κ1) is 12.7. The van der Waals surface area contributed by atoms with Crippen molar-refractivity contribution in [3.05, 3.63) is 54.4 Å². The first-order valence-electron chi connectivity index (χ1n) is 5.97. The summed E-state index contributed by atoms with van der Waals surface area (Å²) in [7, 11) is -3.60. The van der Waals surface area contributed by atoms with Crippen LogP contribution in [0.2, 0.25) is 0 Å². The third-order valence-corrected chi connectivity index (χ3v) is 4.26. The van der Waals surface area contributed by atoms with Crippen LogP contribution in [0.4, 0.5) is 5.69 Å². The van der Waals surface area contributed by atoms with Crippen molar-refractivity contribution < 1.29 is 12.8 Å². The van der Waals surface area contributed by atoms with Crippen molar-refractivity contribution in [1.82, 2.24) is 4.98 Å². The largest absolute Gasteiger partial charge is 0.443 e. The van der Waals surface area contributed by atoms with E-state index in [1.54, 1.807) is 36.4 Å². The molecule has 1 aromatic heterocycles. The van der Waals surface area contributed by atoms with Crippen molar-refractivity contribution >= 4 is 26.8 Å². The average Bonchev–Trinajstić information content (AvgIpc) is 2.85. The minimum atomic E-state index is -3.60. The van der Waals surface area contributed by atoms with Gasteiger partial charge in [-0.05, 0) is 36.8 Å². The van der Waals surface area contributed by atoms with E-state index in [0.29, 0.717) is 16.8 Å². The number of fused-ring (bicyclic) bond motifs is 1. The molecule has 6 heteroatoms. The molecule has 0 aliphatic heterocycles. The van der Waals surface area contributed by atoms with Gasteiger partial charge in [0.05, 0.1) is 10.6 Å². The highest BCUT2D eigenvalue weighted by Gasteiger charge is 2.14. The van der Waals surface area contributed by atoms with Gasteiger partial charge in [-0.3, -0.25) is 4.72 Å². The number of sulfonamides is 1. The van der Waals surface area contributed by atoms with Crippen LogP contribution in [0.15, 0.2) is 58.2 Å². The monoisotopic (exact) mass is 288 g/mol. The number of nitrogens with one attached hydrogen (secondary N) is 1. The Kier molecular flexibility index (Phi) is 2.94. The summed E-state index contributed by atoms with van der Waals surface area (Å²) in [6.45, 7) is 1.85. The Morgan fingerprint density at radius 3 is 2.80 bits per heavy atom. The second-order valence-electron chi connectivity index (χ2n) is 4.46. The Balaban J connectivity index is 1.96. The van der Waals surface area contributed by atoms with Crippen LogP contribution >= 0.6 is 0 Å². The van der Waals surface area contributed by atoms with E-state index in [9.17, 15) is 8.42 Å². The molecular formula is C14H12N2O3S. The average molecular weight is 288 g/mol. The molecule has 1 N–H and O–H groups in total. The summed E-state index contributed by atoms with van der Waals surface area (Å²) in [6, 6.07) is 11.7. The van der Waals surface area contributed by atoms with Gasteiger partial charge in [0.1, 0.15) is 5.52 Å². The highest BCUT2D eigenvalue weighted by molar-refractivity contribution is 7.92. The fraction of sp³-hybridized carbons (Fsp3) is 0.0714. The topological polar surface area (TPSA) is 72.2 Å². The first-order chi connectivity index (χ1) is 9.54. The Morgan fingerprint density at radius 2 is 2.00 bits per heavy atom. The quantitative estimate of drug-likeness (QED) is 0.804. The van der Waals surface area contributed by atoms with E-state index in [0.717, 1.165) is 5.56 Å². The van der Waals surface area contributed by atoms with E-state index in [2.05, 4.69) is 9.71 Å². The molecule has 0 atom stereocenters. The lowest BCUT2D eigenvalue weighted by molar-refractivity contribution is 0.601. The predicted octanol–water partition coefficient (Wildman–Crippen LogP) is 2.94. The van der Waals surface area contributed by atoms with E-state index >= 15 is 0 Å². The standard InChI is InChI=1S/C14H12N2O3S/c1-10-3-2-4-12(7-10)20(17,18)16-11-5-6-13-14(8-11)19-9-15-13/h2-9,16H,1H3. The van der Waals surface area contributed by atoms with Crippen molar-refractivity contribution in [3.63, 3.8) is 0 Å². The molecule has 0 unspecified atom stereocenters. The van der Waals surface area contributed by atoms with E-state index in [1.165, 1.54) is 6.39 Å². The second kappa shape index (κ2) is 4.64. The van der Waals surface area contributed by atoms with Crippen molar-refractivity contribution in [2.75, 3.05) is 4.72 Å². The Morgan fingerprint density at radius 1 is 1.15 bits per heavy atom. The normalized spacial score (nSPS) is 11.7. The van der Waals surface area contributed by atoms with Gasteiger partial charge in [0.15, 0.2) is 12.0 Å². The van der Waals surface area contributed by atoms with Crippen molar-refractivity contribution in [2.24, 2.45) is 0 Å². The molecule has 0 amide bonds. The highest BCUT2D eigenvalue weighted by atomic mass is 32.2. The molecule has 0 fully saturated rings. The van der Waals surface area contributed by atoms with E-state index in [-0.39, 0.29) is 4.90 Å². The van der Waals surface area contributed by atoms with Gasteiger partial charge in [-0.2, -0.15) is 0 Å². The van der Waals surface area contributed by atoms with Gasteiger partial charge in [0.2, 0.25) is 0 Å². The lowest BCUT2D eigenvalue weighted by Gasteiger charge is -2.08. The number of hydrogen-bond donors (Lipinski definition) is 1. The van der Waals surface area contributed by atoms with Crippen molar-refractivity contribution in [3.8, 4) is 0 Å². The molecule has 0 bridgehead atoms. The molecule has 102 valence electrons. The molecule has 3 rings (SSSR count). The number of hydrogen-bond acceptors (Lipinski definition) is 4. The number of nitrogens with zero attached hydrogens (tertiary/aromatic N) is 1. The van der Waals surface area contributed by atoms with Gasteiger partial charge in [-0.1, -0.05) is 12.1 Å². The van der Waals surface area contributed by atoms with Gasteiger partial charge in [-0.15, -0.1) is 0 Å². The van der Waals surface area contributed by atoms with E-state index in [1.807, 2.05) is 13.0 Å². The zero-order valence-corrected chi connectivity index (χ0v) is 11.5. The van der Waals surface area contributed by atoms with Gasteiger partial charge < -0.3 is 4.42 Å². The Hall–Kier alpha value is -2.34. The number of benzene rings is 2. The van der Waals surface area contributed by atoms with Crippen LogP contribution in [0, 0.1) is 6.92 Å². The van der Waals surface area contributed by atoms with Crippen LogP contribution in [0.25, 0.3) is 11.1 Å². The second-order valence-corrected chi connectivity index (χ2v) is 6.14. The molecule has 0 saturated heterocycles. The number of aryl methyl sites for hydroxylation is 1. The maximum atomic E-state index is 12.3. The maximum absolute atomic E-state index is 12.3. The zero-order valence-electron chi connectivity index (χ0n) is 10.7. The molecule has 0 aliphatic rings. The molecular weight excluding hydrogens is 276 g/mol. The molecule has 0 radical (unpaired) electrons. The van der Waals surface area contributed by atoms with Gasteiger partial charge in [0, 0.05) is 6.07 Å². The summed E-state index contributed by atoms with van der Waals surface area (Å²) in [5, 5.41) is 0. The minimum absolute atomic E-state index is 0.232. The highest BCUT2D eigenvalue weighted by Crippen LogP contribution is 2.21. The molecule has 0 aliphatic carbocycles. The SMILES string of the molecule is Cc1cccc(S(=O)(=O)Nc2ccc3ncoc3c2)c1. The number of rotatable bonds is 3. The summed E-state index contributed by atoms with van der Waals surface area (Å²) >= 11 is 0. The fourth-order valence-electron chi connectivity index (χ4n) is 1.92. The molecule has 1 heterocycles. The smallest absolute Gasteiger partial charge is 0.261 e. The molecule has 0 saturated carbocycles. The zero-order chi connectivity index (χ0) is 14.2. The third-order valence-electron chi connectivity index (χ3n) is 2.88. The van der Waals surface area contributed by atoms with Crippen LogP contribution in [0.3, 0.4) is 0 Å². The summed E-state index contributed by atoms with van der Waals surface area (Å²) in [5.74, 6) is 0. The number of oxazole rings is 1. The first-order valence-corrected chi connectivity index (χ1v) is 7.46. The van der Waals surface area contributed by atoms with Crippen molar-refractivity contribution in [2.45, 2.75) is 11.8 Å². The van der Waals surface area contributed by atoms with E-state index < -0.39 is 10.0 Å². The summed E-state index contributed by atoms with van der Waals surface area (Å²) in [5.41, 5.74) is 2.55. The van der Waals surface area contributed by atoms with Gasteiger partial charge in [0.25, 0.3) is 10.0 Å². The van der Waals surface area contributed by atoms with Crippen LogP contribution in [0.5, 0.6) is 0 Å². The Bertz CT molecular complexity index is 869. The predicted molar refractivity (Wildman–Crippen MR) is 76.0 cm³/mol. The lowest BCUT2D eigenvalue weighted by atomic mass is 10.2. The number of anilines is 1. The minimum Gasteiger partial charge on any atom is -0.443 e. The maximum Gasteiger partial charge on any atom is 0.261 e. The molecule has 0 spiro atoms. The van der Waals surface area contributed by atoms with Crippen LogP contribution < -0.4 is 4.72 Å². The molecule has 3 aromatic rings. The summed E-state index contributed by atoms with van der Waals surface area (Å²) in [6.07, 6.45) is 1.32. The van der Waals surface area contributed by atoms with Gasteiger partial charge in [-0.25, -0.2) is 13.4 Å². The molecule has 5 nitrogen and oxygen atoms in total. The number of aromatic nitrogens is 1. The lowest BCUT2D eigenvalue weighted by Crippen LogP contribution is -2.12. The third kappa shape index (κ3) is 2.37. The van der Waals surface area contributed by atoms with Gasteiger partial charge >= 0.3 is 0 Å². The van der Waals surface area contributed by atoms with Crippen LogP contribution in [-0.2, 0) is 10.0 Å². The molecule has 20 heavy (non-hydrogen) atoms. The van der Waals surface area contributed by atoms with Crippen LogP contribution in [-0.4, -0.2) is 13.4 Å². The van der Waals surface area contributed by atoms with Crippen LogP contribution in [0.1, 0.15) is 5.56 Å². The fourth-order valence-corrected chi connectivity index (χ4v) is 3.07.